The number of carboxylic acids is 1. The van der Waals surface area contributed by atoms with Crippen molar-refractivity contribution in [1.82, 2.24) is 10.6 Å². The Morgan fingerprint density at radius 2 is 2.15 bits per heavy atom. The van der Waals surface area contributed by atoms with Gasteiger partial charge in [-0.3, -0.25) is 14.4 Å². The molecule has 2 amide bonds. The molecule has 74 valence electrons. The molecule has 0 spiro atoms. The van der Waals surface area contributed by atoms with Crippen molar-refractivity contribution in [3.63, 3.8) is 0 Å². The zero-order valence-electron chi connectivity index (χ0n) is 7.24. The van der Waals surface area contributed by atoms with Gasteiger partial charge in [0.15, 0.2) is 0 Å². The smallest absolute Gasteiger partial charge is 0.305 e. The molecule has 0 aliphatic carbocycles. The molecule has 0 radical (unpaired) electrons. The van der Waals surface area contributed by atoms with Crippen molar-refractivity contribution in [3.8, 4) is 0 Å². The lowest BCUT2D eigenvalue weighted by Crippen LogP contribution is -2.39. The van der Waals surface area contributed by atoms with E-state index in [9.17, 15) is 14.4 Å². The van der Waals surface area contributed by atoms with Crippen molar-refractivity contribution in [2.45, 2.75) is 19.4 Å². The highest BCUT2D eigenvalue weighted by atomic mass is 16.4. The molecule has 0 heterocycles. The standard InChI is InChI=1S/C7H12N2O4/c1-5(2-7(12)13)9-6(11)3-8-4-10/h4-5H,2-3H2,1H3,(H,8,10)(H,9,11)(H,12,13). The van der Waals surface area contributed by atoms with Crippen molar-refractivity contribution in [1.29, 1.82) is 0 Å². The van der Waals surface area contributed by atoms with Crippen LogP contribution in [0.15, 0.2) is 0 Å². The lowest BCUT2D eigenvalue weighted by molar-refractivity contribution is -0.137. The van der Waals surface area contributed by atoms with Crippen LogP contribution in [0.1, 0.15) is 13.3 Å². The summed E-state index contributed by atoms with van der Waals surface area (Å²) in [5, 5.41) is 12.9. The van der Waals surface area contributed by atoms with Crippen LogP contribution in [0, 0.1) is 0 Å². The molecule has 0 aromatic carbocycles. The van der Waals surface area contributed by atoms with E-state index < -0.39 is 17.9 Å². The first-order valence-corrected chi connectivity index (χ1v) is 3.74. The Bertz CT molecular complexity index is 205. The molecule has 0 saturated heterocycles. The lowest BCUT2D eigenvalue weighted by atomic mass is 10.2. The third-order valence-corrected chi connectivity index (χ3v) is 1.23. The fraction of sp³-hybridized carbons (Fsp3) is 0.571. The average molecular weight is 188 g/mol. The van der Waals surface area contributed by atoms with E-state index in [1.807, 2.05) is 0 Å². The highest BCUT2D eigenvalue weighted by Gasteiger charge is 2.09. The van der Waals surface area contributed by atoms with Gasteiger partial charge in [-0.25, -0.2) is 0 Å². The number of aliphatic carboxylic acids is 1. The minimum atomic E-state index is -0.976. The Labute approximate surface area is 75.3 Å². The van der Waals surface area contributed by atoms with Crippen molar-refractivity contribution >= 4 is 18.3 Å². The fourth-order valence-corrected chi connectivity index (χ4v) is 0.773. The predicted molar refractivity (Wildman–Crippen MR) is 43.9 cm³/mol. The quantitative estimate of drug-likeness (QED) is 0.452. The van der Waals surface area contributed by atoms with Gasteiger partial charge in [0, 0.05) is 6.04 Å². The minimum absolute atomic E-state index is 0.131. The van der Waals surface area contributed by atoms with Crippen LogP contribution >= 0.6 is 0 Å². The van der Waals surface area contributed by atoms with E-state index in [4.69, 9.17) is 5.11 Å². The number of carboxylic acid groups (broad SMARTS) is 1. The molecule has 0 fully saturated rings. The number of hydrogen-bond donors (Lipinski definition) is 3. The van der Waals surface area contributed by atoms with Gasteiger partial charge in [0.2, 0.25) is 12.3 Å². The molecule has 0 aliphatic rings. The van der Waals surface area contributed by atoms with Crippen molar-refractivity contribution in [2.24, 2.45) is 0 Å². The average Bonchev–Trinajstić information content (AvgIpc) is 1.98. The molecule has 3 N–H and O–H groups in total. The first-order chi connectivity index (χ1) is 6.06. The number of carbonyl (C=O) groups is 3. The van der Waals surface area contributed by atoms with Gasteiger partial charge in [-0.05, 0) is 6.92 Å². The molecule has 1 unspecified atom stereocenters. The zero-order chi connectivity index (χ0) is 10.3. The van der Waals surface area contributed by atoms with Crippen LogP contribution in [0.2, 0.25) is 0 Å². The number of nitrogens with one attached hydrogen (secondary N) is 2. The first-order valence-electron chi connectivity index (χ1n) is 3.74. The van der Waals surface area contributed by atoms with Gasteiger partial charge >= 0.3 is 5.97 Å². The summed E-state index contributed by atoms with van der Waals surface area (Å²) < 4.78 is 0. The third kappa shape index (κ3) is 6.79. The predicted octanol–water partition coefficient (Wildman–Crippen LogP) is -1.29. The summed E-state index contributed by atoms with van der Waals surface area (Å²) in [4.78, 5) is 30.8. The van der Waals surface area contributed by atoms with Crippen molar-refractivity contribution < 1.29 is 19.5 Å². The summed E-state index contributed by atoms with van der Waals surface area (Å²) in [6.07, 6.45) is 0.272. The van der Waals surface area contributed by atoms with E-state index in [1.54, 1.807) is 6.92 Å². The number of rotatable bonds is 6. The maximum Gasteiger partial charge on any atom is 0.305 e. The summed E-state index contributed by atoms with van der Waals surface area (Å²) in [5.74, 6) is -1.38. The van der Waals surface area contributed by atoms with Crippen LogP contribution in [-0.2, 0) is 14.4 Å². The van der Waals surface area contributed by atoms with Crippen molar-refractivity contribution in [2.75, 3.05) is 6.54 Å². The maximum absolute atomic E-state index is 10.9. The molecular weight excluding hydrogens is 176 g/mol. The highest BCUT2D eigenvalue weighted by molar-refractivity contribution is 5.80. The van der Waals surface area contributed by atoms with E-state index in [0.717, 1.165) is 0 Å². The number of carbonyl (C=O) groups excluding carboxylic acids is 2. The van der Waals surface area contributed by atoms with Crippen LogP contribution < -0.4 is 10.6 Å². The second-order valence-electron chi connectivity index (χ2n) is 2.57. The molecule has 0 rings (SSSR count). The van der Waals surface area contributed by atoms with Crippen LogP contribution in [0.4, 0.5) is 0 Å². The van der Waals surface area contributed by atoms with Gasteiger partial charge < -0.3 is 15.7 Å². The largest absolute Gasteiger partial charge is 0.481 e. The van der Waals surface area contributed by atoms with E-state index in [-0.39, 0.29) is 13.0 Å². The van der Waals surface area contributed by atoms with Crippen LogP contribution in [0.5, 0.6) is 0 Å². The van der Waals surface area contributed by atoms with E-state index in [1.165, 1.54) is 0 Å². The maximum atomic E-state index is 10.9. The molecule has 0 aromatic heterocycles. The number of hydrogen-bond acceptors (Lipinski definition) is 3. The van der Waals surface area contributed by atoms with Crippen LogP contribution in [0.3, 0.4) is 0 Å². The van der Waals surface area contributed by atoms with Gasteiger partial charge in [-0.15, -0.1) is 0 Å². The second kappa shape index (κ2) is 5.99. The van der Waals surface area contributed by atoms with Gasteiger partial charge in [-0.2, -0.15) is 0 Å². The summed E-state index contributed by atoms with van der Waals surface area (Å²) in [6.45, 7) is 1.44. The van der Waals surface area contributed by atoms with Gasteiger partial charge in [0.1, 0.15) is 0 Å². The monoisotopic (exact) mass is 188 g/mol. The Morgan fingerprint density at radius 1 is 1.54 bits per heavy atom. The summed E-state index contributed by atoms with van der Waals surface area (Å²) in [7, 11) is 0. The van der Waals surface area contributed by atoms with Gasteiger partial charge in [-0.1, -0.05) is 0 Å². The first kappa shape index (κ1) is 11.4. The zero-order valence-corrected chi connectivity index (χ0v) is 7.24. The molecule has 0 aliphatic heterocycles. The minimum Gasteiger partial charge on any atom is -0.481 e. The van der Waals surface area contributed by atoms with Crippen LogP contribution in [-0.4, -0.2) is 36.0 Å². The molecule has 1 atom stereocenters. The molecule has 0 saturated carbocycles. The summed E-state index contributed by atoms with van der Waals surface area (Å²) in [6, 6.07) is -0.432. The Hall–Kier alpha value is -1.59. The van der Waals surface area contributed by atoms with Crippen LogP contribution in [0.25, 0.3) is 0 Å². The van der Waals surface area contributed by atoms with Crippen molar-refractivity contribution in [3.05, 3.63) is 0 Å². The summed E-state index contributed by atoms with van der Waals surface area (Å²) >= 11 is 0. The number of amides is 2. The van der Waals surface area contributed by atoms with E-state index >= 15 is 0 Å². The highest BCUT2D eigenvalue weighted by Crippen LogP contribution is 1.88. The SMILES string of the molecule is CC(CC(=O)O)NC(=O)CNC=O. The molecule has 6 nitrogen and oxygen atoms in total. The fourth-order valence-electron chi connectivity index (χ4n) is 0.773. The van der Waals surface area contributed by atoms with E-state index in [2.05, 4.69) is 10.6 Å². The molecule has 0 aromatic rings. The summed E-state index contributed by atoms with van der Waals surface area (Å²) in [5.41, 5.74) is 0. The Kier molecular flexibility index (Phi) is 5.25. The second-order valence-corrected chi connectivity index (χ2v) is 2.57. The molecule has 6 heteroatoms. The molecule has 0 bridgehead atoms. The lowest BCUT2D eigenvalue weighted by Gasteiger charge is -2.10. The van der Waals surface area contributed by atoms with E-state index in [0.29, 0.717) is 6.41 Å². The molecule has 13 heavy (non-hydrogen) atoms. The Morgan fingerprint density at radius 3 is 2.62 bits per heavy atom. The Balaban J connectivity index is 3.64. The topological polar surface area (TPSA) is 95.5 Å². The normalized spacial score (nSPS) is 11.5. The third-order valence-electron chi connectivity index (χ3n) is 1.23. The molecular formula is C7H12N2O4. The van der Waals surface area contributed by atoms with Gasteiger partial charge in [0.25, 0.3) is 0 Å². The van der Waals surface area contributed by atoms with Gasteiger partial charge in [0.05, 0.1) is 13.0 Å².